The van der Waals surface area contributed by atoms with E-state index in [-0.39, 0.29) is 5.91 Å². The third-order valence-electron chi connectivity index (χ3n) is 3.03. The van der Waals surface area contributed by atoms with Gasteiger partial charge in [0.1, 0.15) is 16.8 Å². The number of hydrogen-bond donors (Lipinski definition) is 1. The molecule has 5 nitrogen and oxygen atoms in total. The average molecular weight is 334 g/mol. The van der Waals surface area contributed by atoms with Gasteiger partial charge in [-0.15, -0.1) is 0 Å². The van der Waals surface area contributed by atoms with Crippen molar-refractivity contribution < 1.29 is 9.53 Å². The molecule has 0 saturated heterocycles. The third kappa shape index (κ3) is 2.88. The Labute approximate surface area is 136 Å². The first-order chi connectivity index (χ1) is 10.7. The molecule has 0 spiro atoms. The summed E-state index contributed by atoms with van der Waals surface area (Å²) in [5.74, 6) is 0.303. The molecular weight excluding hydrogens is 322 g/mol. The fourth-order valence-corrected chi connectivity index (χ4v) is 2.80. The van der Waals surface area contributed by atoms with Crippen LogP contribution in [0.5, 0.6) is 5.75 Å². The summed E-state index contributed by atoms with van der Waals surface area (Å²) < 4.78 is 13.7. The normalized spacial score (nSPS) is 10.6. The number of aromatic nitrogens is 2. The second-order valence-corrected chi connectivity index (χ2v) is 5.41. The Morgan fingerprint density at radius 2 is 2.18 bits per heavy atom. The fraction of sp³-hybridized carbons (Fsp3) is 0.133. The number of halogens is 1. The average Bonchev–Trinajstić information content (AvgIpc) is 2.99. The van der Waals surface area contributed by atoms with Crippen LogP contribution in [0.25, 0.3) is 11.0 Å². The molecule has 0 aliphatic rings. The molecule has 0 saturated carbocycles. The highest BCUT2D eigenvalue weighted by Gasteiger charge is 2.12. The highest BCUT2D eigenvalue weighted by Crippen LogP contribution is 2.26. The quantitative estimate of drug-likeness (QED) is 0.784. The van der Waals surface area contributed by atoms with E-state index in [0.29, 0.717) is 34.1 Å². The Morgan fingerprint density at radius 3 is 2.95 bits per heavy atom. The van der Waals surface area contributed by atoms with Crippen LogP contribution in [0.3, 0.4) is 0 Å². The van der Waals surface area contributed by atoms with E-state index in [0.717, 1.165) is 17.2 Å². The van der Waals surface area contributed by atoms with Gasteiger partial charge in [-0.1, -0.05) is 17.7 Å². The number of rotatable bonds is 4. The van der Waals surface area contributed by atoms with Crippen LogP contribution in [0.4, 0.5) is 5.69 Å². The van der Waals surface area contributed by atoms with Gasteiger partial charge in [-0.2, -0.15) is 8.75 Å². The number of amides is 1. The maximum Gasteiger partial charge on any atom is 0.255 e. The number of ether oxygens (including phenoxy) is 1. The molecule has 1 heterocycles. The molecule has 1 aromatic heterocycles. The molecule has 0 aliphatic heterocycles. The Balaban J connectivity index is 1.85. The number of nitrogens with zero attached hydrogens (tertiary/aromatic N) is 2. The highest BCUT2D eigenvalue weighted by molar-refractivity contribution is 7.00. The lowest BCUT2D eigenvalue weighted by Crippen LogP contribution is -2.12. The molecule has 1 N–H and O–H groups in total. The highest BCUT2D eigenvalue weighted by atomic mass is 35.5. The van der Waals surface area contributed by atoms with Crippen molar-refractivity contribution in [3.63, 3.8) is 0 Å². The number of carbonyl (C=O) groups is 1. The zero-order valence-electron chi connectivity index (χ0n) is 11.7. The summed E-state index contributed by atoms with van der Waals surface area (Å²) in [5, 5.41) is 3.24. The van der Waals surface area contributed by atoms with Crippen molar-refractivity contribution in [2.45, 2.75) is 6.92 Å². The Bertz CT molecular complexity index is 835. The Hall–Kier alpha value is -2.18. The molecule has 22 heavy (non-hydrogen) atoms. The Kier molecular flexibility index (Phi) is 4.22. The van der Waals surface area contributed by atoms with E-state index < -0.39 is 0 Å². The van der Waals surface area contributed by atoms with Gasteiger partial charge in [0.2, 0.25) is 0 Å². The SMILES string of the molecule is CCOc1ccc(C(=O)Nc2cccc3nsnc23)cc1Cl. The van der Waals surface area contributed by atoms with E-state index >= 15 is 0 Å². The maximum absolute atomic E-state index is 12.3. The van der Waals surface area contributed by atoms with Gasteiger partial charge in [-0.3, -0.25) is 4.79 Å². The number of nitrogens with one attached hydrogen (secondary N) is 1. The van der Waals surface area contributed by atoms with Gasteiger partial charge in [0.15, 0.2) is 0 Å². The number of fused-ring (bicyclic) bond motifs is 1. The number of hydrogen-bond acceptors (Lipinski definition) is 5. The van der Waals surface area contributed by atoms with E-state index in [4.69, 9.17) is 16.3 Å². The number of carbonyl (C=O) groups excluding carboxylic acids is 1. The van der Waals surface area contributed by atoms with Gasteiger partial charge < -0.3 is 10.1 Å². The van der Waals surface area contributed by atoms with Gasteiger partial charge in [0.25, 0.3) is 5.91 Å². The van der Waals surface area contributed by atoms with Gasteiger partial charge in [-0.25, -0.2) is 0 Å². The molecule has 112 valence electrons. The lowest BCUT2D eigenvalue weighted by Gasteiger charge is -2.09. The minimum atomic E-state index is -0.259. The first kappa shape index (κ1) is 14.7. The lowest BCUT2D eigenvalue weighted by atomic mass is 10.2. The Morgan fingerprint density at radius 1 is 1.32 bits per heavy atom. The molecule has 1 amide bonds. The molecule has 0 fully saturated rings. The molecule has 3 rings (SSSR count). The molecule has 2 aromatic carbocycles. The van der Waals surface area contributed by atoms with E-state index in [1.807, 2.05) is 19.1 Å². The van der Waals surface area contributed by atoms with Crippen molar-refractivity contribution in [2.24, 2.45) is 0 Å². The zero-order valence-corrected chi connectivity index (χ0v) is 13.2. The van der Waals surface area contributed by atoms with E-state index in [1.54, 1.807) is 24.3 Å². The van der Waals surface area contributed by atoms with Crippen molar-refractivity contribution in [3.05, 3.63) is 47.0 Å². The van der Waals surface area contributed by atoms with Crippen LogP contribution >= 0.6 is 23.3 Å². The van der Waals surface area contributed by atoms with Gasteiger partial charge in [0.05, 0.1) is 29.0 Å². The minimum Gasteiger partial charge on any atom is -0.492 e. The molecular formula is C15H12ClN3O2S. The fourth-order valence-electron chi connectivity index (χ4n) is 2.02. The van der Waals surface area contributed by atoms with Gasteiger partial charge in [0, 0.05) is 5.56 Å². The summed E-state index contributed by atoms with van der Waals surface area (Å²) >= 11 is 7.22. The lowest BCUT2D eigenvalue weighted by molar-refractivity contribution is 0.102. The predicted molar refractivity (Wildman–Crippen MR) is 88.0 cm³/mol. The summed E-state index contributed by atoms with van der Waals surface area (Å²) in [6.45, 7) is 2.39. The van der Waals surface area contributed by atoms with E-state index in [1.165, 1.54) is 0 Å². The number of benzene rings is 2. The monoisotopic (exact) mass is 333 g/mol. The largest absolute Gasteiger partial charge is 0.492 e. The van der Waals surface area contributed by atoms with E-state index in [2.05, 4.69) is 14.1 Å². The molecule has 7 heteroatoms. The molecule has 0 aliphatic carbocycles. The summed E-state index contributed by atoms with van der Waals surface area (Å²) in [4.78, 5) is 12.3. The molecule has 0 unspecified atom stereocenters. The van der Waals surface area contributed by atoms with Crippen LogP contribution in [-0.2, 0) is 0 Å². The zero-order chi connectivity index (χ0) is 15.5. The van der Waals surface area contributed by atoms with Gasteiger partial charge in [-0.05, 0) is 37.3 Å². The topological polar surface area (TPSA) is 64.1 Å². The second-order valence-electron chi connectivity index (χ2n) is 4.47. The number of anilines is 1. The minimum absolute atomic E-state index is 0.259. The van der Waals surface area contributed by atoms with Crippen molar-refractivity contribution in [2.75, 3.05) is 11.9 Å². The third-order valence-corrected chi connectivity index (χ3v) is 3.87. The first-order valence-corrected chi connectivity index (χ1v) is 7.75. The summed E-state index contributed by atoms with van der Waals surface area (Å²) in [6.07, 6.45) is 0. The van der Waals surface area contributed by atoms with Crippen LogP contribution in [0.2, 0.25) is 5.02 Å². The molecule has 0 bridgehead atoms. The summed E-state index contributed by atoms with van der Waals surface area (Å²) in [6, 6.07) is 10.4. The van der Waals surface area contributed by atoms with Crippen molar-refractivity contribution in [1.82, 2.24) is 8.75 Å². The smallest absolute Gasteiger partial charge is 0.255 e. The summed E-state index contributed by atoms with van der Waals surface area (Å²) in [5.41, 5.74) is 2.51. The van der Waals surface area contributed by atoms with Crippen molar-refractivity contribution >= 4 is 46.0 Å². The standard InChI is InChI=1S/C15H12ClN3O2S/c1-2-21-13-7-6-9(8-10(13)16)15(20)17-11-4-3-5-12-14(11)19-22-18-12/h3-8H,2H2,1H3,(H,17,20). The van der Waals surface area contributed by atoms with Crippen LogP contribution in [0.1, 0.15) is 17.3 Å². The second kappa shape index (κ2) is 6.29. The first-order valence-electron chi connectivity index (χ1n) is 6.64. The predicted octanol–water partition coefficient (Wildman–Crippen LogP) is 4.00. The van der Waals surface area contributed by atoms with Crippen LogP contribution < -0.4 is 10.1 Å². The van der Waals surface area contributed by atoms with Crippen LogP contribution in [-0.4, -0.2) is 21.3 Å². The van der Waals surface area contributed by atoms with Crippen molar-refractivity contribution in [3.8, 4) is 5.75 Å². The maximum atomic E-state index is 12.3. The van der Waals surface area contributed by atoms with Crippen LogP contribution in [0.15, 0.2) is 36.4 Å². The van der Waals surface area contributed by atoms with E-state index in [9.17, 15) is 4.79 Å². The molecule has 0 radical (unpaired) electrons. The van der Waals surface area contributed by atoms with Crippen LogP contribution in [0, 0.1) is 0 Å². The molecule has 0 atom stereocenters. The van der Waals surface area contributed by atoms with Crippen molar-refractivity contribution in [1.29, 1.82) is 0 Å². The summed E-state index contributed by atoms with van der Waals surface area (Å²) in [7, 11) is 0. The van der Waals surface area contributed by atoms with Gasteiger partial charge >= 0.3 is 0 Å². The molecule has 3 aromatic rings.